The van der Waals surface area contributed by atoms with Gasteiger partial charge in [-0.05, 0) is 65.4 Å². The van der Waals surface area contributed by atoms with Gasteiger partial charge in [-0.2, -0.15) is 0 Å². The second kappa shape index (κ2) is 10.2. The van der Waals surface area contributed by atoms with Gasteiger partial charge in [0.25, 0.3) is 11.1 Å². The van der Waals surface area contributed by atoms with Crippen molar-refractivity contribution in [3.05, 3.63) is 98.6 Å². The average Bonchev–Trinajstić information content (AvgIpc) is 3.08. The summed E-state index contributed by atoms with van der Waals surface area (Å²) < 4.78 is 24.9. The molecule has 34 heavy (non-hydrogen) atoms. The van der Waals surface area contributed by atoms with Crippen LogP contribution in [0.3, 0.4) is 0 Å². The lowest BCUT2D eigenvalue weighted by molar-refractivity contribution is -0.123. The van der Waals surface area contributed by atoms with E-state index >= 15 is 0 Å². The Morgan fingerprint density at radius 1 is 1.06 bits per heavy atom. The number of hydrogen-bond acceptors (Lipinski definition) is 6. The van der Waals surface area contributed by atoms with Crippen LogP contribution in [0.25, 0.3) is 6.08 Å². The highest BCUT2D eigenvalue weighted by Gasteiger charge is 2.35. The molecular weight excluding hydrogens is 525 g/mol. The number of hydrogen-bond donors (Lipinski definition) is 0. The van der Waals surface area contributed by atoms with E-state index in [1.807, 2.05) is 24.3 Å². The Morgan fingerprint density at radius 2 is 1.85 bits per heavy atom. The van der Waals surface area contributed by atoms with Gasteiger partial charge in [0, 0.05) is 4.47 Å². The molecule has 0 radical (unpaired) electrons. The standard InChI is InChI=1S/C25H17BrFNO5S/c1-32-21-11-15(9-10-20(21)33-24(30)16-6-4-7-18(27)13-16)12-22-23(29)28(25(31)34-22)14-17-5-2-3-8-19(17)26/h2-13H,14H2,1H3/b22-12-. The molecule has 0 atom stereocenters. The van der Waals surface area contributed by atoms with Gasteiger partial charge < -0.3 is 9.47 Å². The van der Waals surface area contributed by atoms with Gasteiger partial charge in [-0.3, -0.25) is 14.5 Å². The lowest BCUT2D eigenvalue weighted by atomic mass is 10.1. The van der Waals surface area contributed by atoms with E-state index in [-0.39, 0.29) is 33.8 Å². The number of ether oxygens (including phenoxy) is 2. The molecule has 1 heterocycles. The molecule has 0 unspecified atom stereocenters. The van der Waals surface area contributed by atoms with Crippen molar-refractivity contribution in [2.45, 2.75) is 6.54 Å². The molecule has 1 aliphatic rings. The number of carbonyl (C=O) groups excluding carboxylic acids is 3. The summed E-state index contributed by atoms with van der Waals surface area (Å²) in [5, 5.41) is -0.361. The second-order valence-electron chi connectivity index (χ2n) is 7.17. The number of esters is 1. The number of amides is 2. The zero-order valence-corrected chi connectivity index (χ0v) is 20.2. The van der Waals surface area contributed by atoms with Crippen molar-refractivity contribution in [1.29, 1.82) is 0 Å². The second-order valence-corrected chi connectivity index (χ2v) is 9.02. The van der Waals surface area contributed by atoms with Crippen LogP contribution in [-0.2, 0) is 11.3 Å². The number of benzene rings is 3. The van der Waals surface area contributed by atoms with Crippen LogP contribution in [0.15, 0.2) is 76.1 Å². The van der Waals surface area contributed by atoms with Crippen molar-refractivity contribution in [3.63, 3.8) is 0 Å². The van der Waals surface area contributed by atoms with Crippen molar-refractivity contribution in [1.82, 2.24) is 4.90 Å². The van der Waals surface area contributed by atoms with E-state index in [0.29, 0.717) is 5.56 Å². The number of carbonyl (C=O) groups is 3. The van der Waals surface area contributed by atoms with E-state index in [1.54, 1.807) is 18.2 Å². The fraction of sp³-hybridized carbons (Fsp3) is 0.0800. The van der Waals surface area contributed by atoms with Gasteiger partial charge in [0.2, 0.25) is 0 Å². The first-order valence-electron chi connectivity index (χ1n) is 10.0. The van der Waals surface area contributed by atoms with E-state index in [4.69, 9.17) is 9.47 Å². The van der Waals surface area contributed by atoms with Crippen molar-refractivity contribution < 1.29 is 28.2 Å². The summed E-state index contributed by atoms with van der Waals surface area (Å²) in [6, 6.07) is 17.2. The van der Waals surface area contributed by atoms with Gasteiger partial charge in [-0.1, -0.05) is 46.3 Å². The summed E-state index contributed by atoms with van der Waals surface area (Å²) in [7, 11) is 1.41. The van der Waals surface area contributed by atoms with Crippen LogP contribution in [0, 0.1) is 5.82 Å². The van der Waals surface area contributed by atoms with E-state index in [9.17, 15) is 18.8 Å². The summed E-state index contributed by atoms with van der Waals surface area (Å²) in [6.07, 6.45) is 1.58. The first-order chi connectivity index (χ1) is 16.4. The number of imide groups is 1. The van der Waals surface area contributed by atoms with Gasteiger partial charge in [0.1, 0.15) is 5.82 Å². The molecule has 0 aromatic heterocycles. The Morgan fingerprint density at radius 3 is 2.59 bits per heavy atom. The molecule has 1 aliphatic heterocycles. The Bertz CT molecular complexity index is 1330. The third-order valence-electron chi connectivity index (χ3n) is 4.91. The van der Waals surface area contributed by atoms with E-state index in [0.717, 1.165) is 27.9 Å². The largest absolute Gasteiger partial charge is 0.493 e. The SMILES string of the molecule is COc1cc(/C=C2\SC(=O)N(Cc3ccccc3Br)C2=O)ccc1OC(=O)c1cccc(F)c1. The van der Waals surface area contributed by atoms with Gasteiger partial charge in [0.05, 0.1) is 24.1 Å². The molecule has 6 nitrogen and oxygen atoms in total. The normalized spacial score (nSPS) is 14.6. The molecule has 1 fully saturated rings. The predicted molar refractivity (Wildman–Crippen MR) is 130 cm³/mol. The zero-order valence-electron chi connectivity index (χ0n) is 17.8. The van der Waals surface area contributed by atoms with Crippen LogP contribution in [0.2, 0.25) is 0 Å². The summed E-state index contributed by atoms with van der Waals surface area (Å²) in [5.74, 6) is -1.31. The van der Waals surface area contributed by atoms with Gasteiger partial charge >= 0.3 is 5.97 Å². The maximum atomic E-state index is 13.4. The summed E-state index contributed by atoms with van der Waals surface area (Å²) in [5.41, 5.74) is 1.45. The minimum atomic E-state index is -0.737. The zero-order chi connectivity index (χ0) is 24.2. The van der Waals surface area contributed by atoms with Crippen LogP contribution in [0.4, 0.5) is 9.18 Å². The molecule has 1 saturated heterocycles. The van der Waals surface area contributed by atoms with E-state index in [1.165, 1.54) is 36.3 Å². The molecule has 172 valence electrons. The molecule has 0 N–H and O–H groups in total. The molecule has 2 amide bonds. The monoisotopic (exact) mass is 541 g/mol. The highest BCUT2D eigenvalue weighted by Crippen LogP contribution is 2.36. The number of thioether (sulfide) groups is 1. The maximum Gasteiger partial charge on any atom is 0.343 e. The van der Waals surface area contributed by atoms with Crippen LogP contribution in [-0.4, -0.2) is 29.1 Å². The Hall–Kier alpha value is -3.43. The third kappa shape index (κ3) is 5.21. The van der Waals surface area contributed by atoms with Crippen molar-refractivity contribution in [2.75, 3.05) is 7.11 Å². The highest BCUT2D eigenvalue weighted by atomic mass is 79.9. The van der Waals surface area contributed by atoms with Crippen LogP contribution in [0.5, 0.6) is 11.5 Å². The third-order valence-corrected chi connectivity index (χ3v) is 6.59. The van der Waals surface area contributed by atoms with Gasteiger partial charge in [0.15, 0.2) is 11.5 Å². The van der Waals surface area contributed by atoms with E-state index < -0.39 is 17.7 Å². The number of halogens is 2. The van der Waals surface area contributed by atoms with Crippen LogP contribution >= 0.6 is 27.7 Å². The van der Waals surface area contributed by atoms with Gasteiger partial charge in [-0.15, -0.1) is 0 Å². The molecule has 0 bridgehead atoms. The van der Waals surface area contributed by atoms with Crippen molar-refractivity contribution >= 4 is 50.9 Å². The summed E-state index contributed by atoms with van der Waals surface area (Å²) in [4.78, 5) is 39.1. The molecule has 0 spiro atoms. The summed E-state index contributed by atoms with van der Waals surface area (Å²) in [6.45, 7) is 0.154. The van der Waals surface area contributed by atoms with Crippen molar-refractivity contribution in [2.24, 2.45) is 0 Å². The molecule has 3 aromatic rings. The highest BCUT2D eigenvalue weighted by molar-refractivity contribution is 9.10. The first-order valence-corrected chi connectivity index (χ1v) is 11.6. The molecule has 4 rings (SSSR count). The maximum absolute atomic E-state index is 13.4. The lowest BCUT2D eigenvalue weighted by Gasteiger charge is -2.13. The number of nitrogens with zero attached hydrogens (tertiary/aromatic N) is 1. The minimum Gasteiger partial charge on any atom is -0.493 e. The topological polar surface area (TPSA) is 72.9 Å². The van der Waals surface area contributed by atoms with Crippen LogP contribution < -0.4 is 9.47 Å². The van der Waals surface area contributed by atoms with Crippen LogP contribution in [0.1, 0.15) is 21.5 Å². The summed E-state index contributed by atoms with van der Waals surface area (Å²) >= 11 is 4.28. The number of rotatable bonds is 6. The Labute approximate surface area is 207 Å². The predicted octanol–water partition coefficient (Wildman–Crippen LogP) is 6.05. The average molecular weight is 542 g/mol. The minimum absolute atomic E-state index is 0.0601. The molecule has 9 heteroatoms. The Balaban J connectivity index is 1.53. The fourth-order valence-electron chi connectivity index (χ4n) is 3.22. The van der Waals surface area contributed by atoms with Gasteiger partial charge in [-0.25, -0.2) is 9.18 Å². The van der Waals surface area contributed by atoms with E-state index in [2.05, 4.69) is 15.9 Å². The Kier molecular flexibility index (Phi) is 7.14. The quantitative estimate of drug-likeness (QED) is 0.215. The van der Waals surface area contributed by atoms with Crippen molar-refractivity contribution in [3.8, 4) is 11.5 Å². The first kappa shape index (κ1) is 23.7. The molecule has 0 saturated carbocycles. The fourth-order valence-corrected chi connectivity index (χ4v) is 4.47. The smallest absolute Gasteiger partial charge is 0.343 e. The lowest BCUT2D eigenvalue weighted by Crippen LogP contribution is -2.27. The molecular formula is C25H17BrFNO5S. The molecule has 0 aliphatic carbocycles. The number of methoxy groups -OCH3 is 1. The molecule has 3 aromatic carbocycles.